The standard InChI is InChI=1S/C21H28F2N4O4/c1-12(24-13(2)28)9-29-16-6-14(7-16)10-30-18-5-4-17-19(26-18)27(3)20(25-17)31-11-15-8-21(15,22)23/h4-5,12,14-16H,6-11H2,1-3H3,(H,24,28)/t12-,14?,15?,16?/m0/s1. The fourth-order valence-electron chi connectivity index (χ4n) is 3.68. The van der Waals surface area contributed by atoms with E-state index < -0.39 is 11.8 Å². The molecule has 0 radical (unpaired) electrons. The maximum absolute atomic E-state index is 13.0. The number of carbonyl (C=O) groups is 1. The monoisotopic (exact) mass is 438 g/mol. The Morgan fingerprint density at radius 1 is 1.29 bits per heavy atom. The first-order valence-electron chi connectivity index (χ1n) is 10.6. The number of alkyl halides is 2. The molecule has 2 aromatic rings. The van der Waals surface area contributed by atoms with E-state index in [1.165, 1.54) is 6.92 Å². The van der Waals surface area contributed by atoms with Gasteiger partial charge < -0.3 is 19.5 Å². The van der Waals surface area contributed by atoms with E-state index in [1.807, 2.05) is 6.92 Å². The molecule has 0 bridgehead atoms. The molecule has 1 N–H and O–H groups in total. The number of nitrogens with one attached hydrogen (secondary N) is 1. The average molecular weight is 438 g/mol. The Bertz CT molecular complexity index is 945. The molecule has 1 amide bonds. The number of hydrogen-bond donors (Lipinski definition) is 1. The fraction of sp³-hybridized carbons (Fsp3) is 0.667. The van der Waals surface area contributed by atoms with Gasteiger partial charge in [-0.15, -0.1) is 0 Å². The minimum atomic E-state index is -2.61. The highest BCUT2D eigenvalue weighted by atomic mass is 19.3. The number of halogens is 2. The zero-order valence-corrected chi connectivity index (χ0v) is 17.9. The number of carbonyl (C=O) groups excluding carboxylic acids is 1. The van der Waals surface area contributed by atoms with Crippen LogP contribution in [-0.2, 0) is 16.6 Å². The Morgan fingerprint density at radius 2 is 2.03 bits per heavy atom. The number of amides is 1. The van der Waals surface area contributed by atoms with Crippen LogP contribution in [0.2, 0.25) is 0 Å². The Labute approximate surface area is 179 Å². The number of hydrogen-bond acceptors (Lipinski definition) is 6. The zero-order chi connectivity index (χ0) is 22.2. The average Bonchev–Trinajstić information content (AvgIpc) is 3.16. The van der Waals surface area contributed by atoms with Crippen LogP contribution in [0.25, 0.3) is 11.2 Å². The number of aryl methyl sites for hydroxylation is 1. The van der Waals surface area contributed by atoms with E-state index in [-0.39, 0.29) is 37.1 Å². The third-order valence-electron chi connectivity index (χ3n) is 5.71. The van der Waals surface area contributed by atoms with Crippen molar-refractivity contribution in [2.45, 2.75) is 51.2 Å². The van der Waals surface area contributed by atoms with Crippen LogP contribution in [0.3, 0.4) is 0 Å². The van der Waals surface area contributed by atoms with Crippen molar-refractivity contribution in [2.75, 3.05) is 19.8 Å². The van der Waals surface area contributed by atoms with Crippen LogP contribution in [0, 0.1) is 11.8 Å². The summed E-state index contributed by atoms with van der Waals surface area (Å²) < 4.78 is 44.8. The van der Waals surface area contributed by atoms with Gasteiger partial charge >= 0.3 is 0 Å². The number of rotatable bonds is 10. The van der Waals surface area contributed by atoms with Gasteiger partial charge in [0.05, 0.1) is 25.2 Å². The van der Waals surface area contributed by atoms with E-state index in [9.17, 15) is 13.6 Å². The lowest BCUT2D eigenvalue weighted by atomic mass is 9.83. The van der Waals surface area contributed by atoms with E-state index in [2.05, 4.69) is 15.3 Å². The van der Waals surface area contributed by atoms with Crippen molar-refractivity contribution in [2.24, 2.45) is 18.9 Å². The summed E-state index contributed by atoms with van der Waals surface area (Å²) in [5.74, 6) is -2.53. The van der Waals surface area contributed by atoms with E-state index in [0.717, 1.165) is 12.8 Å². The Kier molecular flexibility index (Phi) is 6.00. The summed E-state index contributed by atoms with van der Waals surface area (Å²) in [6.07, 6.45) is 1.87. The van der Waals surface area contributed by atoms with Crippen LogP contribution in [0.15, 0.2) is 12.1 Å². The highest BCUT2D eigenvalue weighted by Crippen LogP contribution is 2.48. The maximum Gasteiger partial charge on any atom is 0.298 e. The van der Waals surface area contributed by atoms with Crippen molar-refractivity contribution in [3.05, 3.63) is 12.1 Å². The molecule has 2 heterocycles. The third kappa shape index (κ3) is 5.23. The molecule has 4 rings (SSSR count). The molecule has 2 aliphatic rings. The number of fused-ring (bicyclic) bond motifs is 1. The third-order valence-corrected chi connectivity index (χ3v) is 5.71. The van der Waals surface area contributed by atoms with Crippen molar-refractivity contribution < 1.29 is 27.8 Å². The number of aromatic nitrogens is 3. The van der Waals surface area contributed by atoms with Crippen LogP contribution < -0.4 is 14.8 Å². The van der Waals surface area contributed by atoms with Crippen LogP contribution in [-0.4, -0.2) is 58.3 Å². The lowest BCUT2D eigenvalue weighted by Gasteiger charge is -2.35. The highest BCUT2D eigenvalue weighted by molar-refractivity contribution is 5.73. The SMILES string of the molecule is CC(=O)N[C@@H](C)COC1CC(COc2ccc3nc(OCC4CC4(F)F)n(C)c3n2)C1. The molecule has 2 aromatic heterocycles. The van der Waals surface area contributed by atoms with Gasteiger partial charge in [0.15, 0.2) is 5.65 Å². The maximum atomic E-state index is 13.0. The first kappa shape index (κ1) is 21.7. The molecule has 2 atom stereocenters. The van der Waals surface area contributed by atoms with Gasteiger partial charge in [0.2, 0.25) is 11.8 Å². The largest absolute Gasteiger partial charge is 0.477 e. The van der Waals surface area contributed by atoms with Gasteiger partial charge in [0.1, 0.15) is 12.1 Å². The molecular weight excluding hydrogens is 410 g/mol. The van der Waals surface area contributed by atoms with Crippen molar-refractivity contribution in [3.8, 4) is 11.9 Å². The van der Waals surface area contributed by atoms with Gasteiger partial charge in [-0.05, 0) is 31.7 Å². The number of ether oxygens (including phenoxy) is 3. The smallest absolute Gasteiger partial charge is 0.298 e. The molecular formula is C21H28F2N4O4. The van der Waals surface area contributed by atoms with Gasteiger partial charge in [0, 0.05) is 32.5 Å². The Hall–Kier alpha value is -2.49. The molecule has 31 heavy (non-hydrogen) atoms. The predicted molar refractivity (Wildman–Crippen MR) is 108 cm³/mol. The molecule has 1 unspecified atom stereocenters. The molecule has 8 nitrogen and oxygen atoms in total. The minimum Gasteiger partial charge on any atom is -0.477 e. The summed E-state index contributed by atoms with van der Waals surface area (Å²) in [7, 11) is 1.74. The summed E-state index contributed by atoms with van der Waals surface area (Å²) in [6.45, 7) is 4.39. The van der Waals surface area contributed by atoms with Crippen molar-refractivity contribution >= 4 is 17.1 Å². The van der Waals surface area contributed by atoms with E-state index in [0.29, 0.717) is 36.2 Å². The molecule has 170 valence electrons. The second-order valence-electron chi connectivity index (χ2n) is 8.62. The molecule has 0 saturated heterocycles. The van der Waals surface area contributed by atoms with Gasteiger partial charge in [-0.2, -0.15) is 9.97 Å². The summed E-state index contributed by atoms with van der Waals surface area (Å²) in [4.78, 5) is 19.8. The van der Waals surface area contributed by atoms with Gasteiger partial charge in [-0.3, -0.25) is 9.36 Å². The molecule has 2 fully saturated rings. The van der Waals surface area contributed by atoms with Gasteiger partial charge in [-0.1, -0.05) is 0 Å². The number of pyridine rings is 1. The summed E-state index contributed by atoms with van der Waals surface area (Å²) >= 11 is 0. The summed E-state index contributed by atoms with van der Waals surface area (Å²) in [6, 6.07) is 3.80. The first-order valence-corrected chi connectivity index (χ1v) is 10.6. The molecule has 2 saturated carbocycles. The molecule has 0 spiro atoms. The second-order valence-corrected chi connectivity index (χ2v) is 8.62. The topological polar surface area (TPSA) is 87.5 Å². The zero-order valence-electron chi connectivity index (χ0n) is 17.9. The first-order chi connectivity index (χ1) is 14.7. The van der Waals surface area contributed by atoms with E-state index in [4.69, 9.17) is 14.2 Å². The lowest BCUT2D eigenvalue weighted by Crippen LogP contribution is -2.40. The Morgan fingerprint density at radius 3 is 2.71 bits per heavy atom. The summed E-state index contributed by atoms with van der Waals surface area (Å²) in [5.41, 5.74) is 1.20. The lowest BCUT2D eigenvalue weighted by molar-refractivity contribution is -0.120. The van der Waals surface area contributed by atoms with Crippen LogP contribution in [0.4, 0.5) is 8.78 Å². The molecule has 10 heteroatoms. The molecule has 0 aromatic carbocycles. The fourth-order valence-corrected chi connectivity index (χ4v) is 3.68. The van der Waals surface area contributed by atoms with Crippen LogP contribution in [0.5, 0.6) is 11.9 Å². The van der Waals surface area contributed by atoms with Crippen LogP contribution >= 0.6 is 0 Å². The van der Waals surface area contributed by atoms with E-state index >= 15 is 0 Å². The molecule has 0 aliphatic heterocycles. The van der Waals surface area contributed by atoms with Crippen LogP contribution in [0.1, 0.15) is 33.1 Å². The van der Waals surface area contributed by atoms with Crippen molar-refractivity contribution in [1.29, 1.82) is 0 Å². The normalized spacial score (nSPS) is 25.0. The number of nitrogens with zero attached hydrogens (tertiary/aromatic N) is 3. The van der Waals surface area contributed by atoms with Gasteiger partial charge in [-0.25, -0.2) is 8.78 Å². The Balaban J connectivity index is 1.22. The summed E-state index contributed by atoms with van der Waals surface area (Å²) in [5, 5.41) is 2.80. The van der Waals surface area contributed by atoms with Crippen molar-refractivity contribution in [3.63, 3.8) is 0 Å². The highest BCUT2D eigenvalue weighted by Gasteiger charge is 2.57. The van der Waals surface area contributed by atoms with Crippen molar-refractivity contribution in [1.82, 2.24) is 19.9 Å². The minimum absolute atomic E-state index is 0.00254. The van der Waals surface area contributed by atoms with Gasteiger partial charge in [0.25, 0.3) is 11.9 Å². The second kappa shape index (κ2) is 8.57. The van der Waals surface area contributed by atoms with E-state index in [1.54, 1.807) is 23.7 Å². The molecule has 2 aliphatic carbocycles. The quantitative estimate of drug-likeness (QED) is 0.614. The predicted octanol–water partition coefficient (Wildman–Crippen LogP) is 2.70. The number of imidazole rings is 1.